The largest absolute Gasteiger partial charge is 0.461 e. The van der Waals surface area contributed by atoms with E-state index in [4.69, 9.17) is 4.42 Å². The number of likely N-dealkylation sites (N-methyl/N-ethyl adjacent to an activating group) is 1. The number of nitrogens with one attached hydrogen (secondary N) is 1. The molecule has 1 aromatic heterocycles. The molecule has 1 heterocycles. The SMILES string of the molecule is CCc1oc2ccccc2c1CNCC(=O)N(CC)CC. The molecule has 0 saturated carbocycles. The lowest BCUT2D eigenvalue weighted by Gasteiger charge is -2.18. The van der Waals surface area contributed by atoms with Crippen molar-refractivity contribution in [3.8, 4) is 0 Å². The standard InChI is InChI=1S/C17H24N2O2/c1-4-15-14(13-9-7-8-10-16(13)21-15)11-18-12-17(20)19(5-2)6-3/h7-10,18H,4-6,11-12H2,1-3H3. The summed E-state index contributed by atoms with van der Waals surface area (Å²) in [6.45, 7) is 8.62. The molecule has 2 aromatic rings. The molecule has 0 aliphatic rings. The second-order valence-electron chi connectivity index (χ2n) is 5.02. The highest BCUT2D eigenvalue weighted by molar-refractivity contribution is 5.82. The molecule has 0 radical (unpaired) electrons. The number of hydrogen-bond donors (Lipinski definition) is 1. The fraction of sp³-hybridized carbons (Fsp3) is 0.471. The molecule has 114 valence electrons. The van der Waals surface area contributed by atoms with Crippen LogP contribution in [-0.4, -0.2) is 30.4 Å². The van der Waals surface area contributed by atoms with Gasteiger partial charge in [-0.2, -0.15) is 0 Å². The van der Waals surface area contributed by atoms with E-state index in [1.807, 2.05) is 36.9 Å². The van der Waals surface area contributed by atoms with E-state index in [0.717, 1.165) is 36.2 Å². The Balaban J connectivity index is 2.05. The van der Waals surface area contributed by atoms with Gasteiger partial charge in [0.05, 0.1) is 6.54 Å². The number of fused-ring (bicyclic) bond motifs is 1. The molecule has 4 nitrogen and oxygen atoms in total. The summed E-state index contributed by atoms with van der Waals surface area (Å²) in [6, 6.07) is 8.05. The lowest BCUT2D eigenvalue weighted by molar-refractivity contribution is -0.129. The average Bonchev–Trinajstić information content (AvgIpc) is 2.87. The van der Waals surface area contributed by atoms with Crippen molar-refractivity contribution in [1.29, 1.82) is 0 Å². The van der Waals surface area contributed by atoms with Crippen LogP contribution in [-0.2, 0) is 17.8 Å². The third kappa shape index (κ3) is 3.45. The number of rotatable bonds is 7. The summed E-state index contributed by atoms with van der Waals surface area (Å²) < 4.78 is 5.86. The number of furan rings is 1. The van der Waals surface area contributed by atoms with Gasteiger partial charge >= 0.3 is 0 Å². The van der Waals surface area contributed by atoms with Gasteiger partial charge in [0.2, 0.25) is 5.91 Å². The summed E-state index contributed by atoms with van der Waals surface area (Å²) in [5, 5.41) is 4.39. The van der Waals surface area contributed by atoms with E-state index in [1.54, 1.807) is 0 Å². The molecule has 1 aromatic carbocycles. The summed E-state index contributed by atoms with van der Waals surface area (Å²) in [5.41, 5.74) is 2.08. The molecule has 0 spiro atoms. The van der Waals surface area contributed by atoms with Gasteiger partial charge in [0.1, 0.15) is 11.3 Å². The number of aryl methyl sites for hydroxylation is 1. The van der Waals surface area contributed by atoms with Crippen LogP contribution in [0.1, 0.15) is 32.1 Å². The van der Waals surface area contributed by atoms with Gasteiger partial charge in [0.15, 0.2) is 0 Å². The first-order valence-corrected chi connectivity index (χ1v) is 7.68. The number of amides is 1. The first-order chi connectivity index (χ1) is 10.2. The molecule has 4 heteroatoms. The fourth-order valence-electron chi connectivity index (χ4n) is 2.61. The van der Waals surface area contributed by atoms with Crippen LogP contribution in [0.3, 0.4) is 0 Å². The Morgan fingerprint density at radius 3 is 2.57 bits per heavy atom. The smallest absolute Gasteiger partial charge is 0.236 e. The summed E-state index contributed by atoms with van der Waals surface area (Å²) >= 11 is 0. The van der Waals surface area contributed by atoms with Crippen LogP contribution < -0.4 is 5.32 Å². The summed E-state index contributed by atoms with van der Waals surface area (Å²) in [4.78, 5) is 13.8. The number of benzene rings is 1. The van der Waals surface area contributed by atoms with Crippen LogP contribution in [0.5, 0.6) is 0 Å². The van der Waals surface area contributed by atoms with Crippen LogP contribution in [0, 0.1) is 0 Å². The Labute approximate surface area is 126 Å². The quantitative estimate of drug-likeness (QED) is 0.852. The first kappa shape index (κ1) is 15.6. The molecule has 0 atom stereocenters. The zero-order chi connectivity index (χ0) is 15.2. The number of para-hydroxylation sites is 1. The van der Waals surface area contributed by atoms with Crippen LogP contribution >= 0.6 is 0 Å². The number of nitrogens with zero attached hydrogens (tertiary/aromatic N) is 1. The Hall–Kier alpha value is -1.81. The second-order valence-corrected chi connectivity index (χ2v) is 5.02. The predicted molar refractivity (Wildman–Crippen MR) is 85.2 cm³/mol. The van der Waals surface area contributed by atoms with E-state index in [9.17, 15) is 4.79 Å². The Kier molecular flexibility index (Phi) is 5.39. The topological polar surface area (TPSA) is 45.5 Å². The van der Waals surface area contributed by atoms with Crippen LogP contribution in [0.4, 0.5) is 0 Å². The first-order valence-electron chi connectivity index (χ1n) is 7.68. The van der Waals surface area contributed by atoms with Gasteiger partial charge in [0.25, 0.3) is 0 Å². The Morgan fingerprint density at radius 1 is 1.19 bits per heavy atom. The molecular formula is C17H24N2O2. The van der Waals surface area contributed by atoms with E-state index in [1.165, 1.54) is 5.56 Å². The Morgan fingerprint density at radius 2 is 1.90 bits per heavy atom. The normalized spacial score (nSPS) is 11.0. The van der Waals surface area contributed by atoms with Crippen LogP contribution in [0.25, 0.3) is 11.0 Å². The second kappa shape index (κ2) is 7.27. The third-order valence-corrected chi connectivity index (χ3v) is 3.80. The zero-order valence-corrected chi connectivity index (χ0v) is 13.1. The lowest BCUT2D eigenvalue weighted by Crippen LogP contribution is -2.37. The molecule has 1 N–H and O–H groups in total. The van der Waals surface area contributed by atoms with Gasteiger partial charge in [-0.15, -0.1) is 0 Å². The number of carbonyl (C=O) groups excluding carboxylic acids is 1. The maximum Gasteiger partial charge on any atom is 0.236 e. The highest BCUT2D eigenvalue weighted by Gasteiger charge is 2.13. The zero-order valence-electron chi connectivity index (χ0n) is 13.1. The van der Waals surface area contributed by atoms with Crippen molar-refractivity contribution in [3.05, 3.63) is 35.6 Å². The van der Waals surface area contributed by atoms with Gasteiger partial charge in [-0.3, -0.25) is 4.79 Å². The van der Waals surface area contributed by atoms with E-state index in [2.05, 4.69) is 18.3 Å². The van der Waals surface area contributed by atoms with Gasteiger partial charge in [-0.1, -0.05) is 25.1 Å². The molecule has 0 fully saturated rings. The third-order valence-electron chi connectivity index (χ3n) is 3.80. The van der Waals surface area contributed by atoms with Gasteiger partial charge in [-0.25, -0.2) is 0 Å². The minimum Gasteiger partial charge on any atom is -0.461 e. The molecule has 0 bridgehead atoms. The molecular weight excluding hydrogens is 264 g/mol. The van der Waals surface area contributed by atoms with E-state index in [0.29, 0.717) is 13.1 Å². The van der Waals surface area contributed by atoms with E-state index >= 15 is 0 Å². The average molecular weight is 288 g/mol. The maximum absolute atomic E-state index is 12.0. The highest BCUT2D eigenvalue weighted by atomic mass is 16.3. The van der Waals surface area contributed by atoms with Gasteiger partial charge < -0.3 is 14.6 Å². The van der Waals surface area contributed by atoms with Crippen LogP contribution in [0.2, 0.25) is 0 Å². The summed E-state index contributed by atoms with van der Waals surface area (Å²) in [5.74, 6) is 1.14. The van der Waals surface area contributed by atoms with Crippen molar-refractivity contribution < 1.29 is 9.21 Å². The molecule has 0 aliphatic heterocycles. The van der Waals surface area contributed by atoms with Gasteiger partial charge in [-0.05, 0) is 19.9 Å². The molecule has 0 unspecified atom stereocenters. The fourth-order valence-corrected chi connectivity index (χ4v) is 2.61. The predicted octanol–water partition coefficient (Wildman–Crippen LogP) is 2.95. The lowest BCUT2D eigenvalue weighted by atomic mass is 10.1. The number of carbonyl (C=O) groups is 1. The molecule has 1 amide bonds. The summed E-state index contributed by atoms with van der Waals surface area (Å²) in [6.07, 6.45) is 0.857. The number of hydrogen-bond acceptors (Lipinski definition) is 3. The van der Waals surface area contributed by atoms with Crippen molar-refractivity contribution >= 4 is 16.9 Å². The highest BCUT2D eigenvalue weighted by Crippen LogP contribution is 2.26. The van der Waals surface area contributed by atoms with Crippen molar-refractivity contribution in [3.63, 3.8) is 0 Å². The molecule has 2 rings (SSSR count). The van der Waals surface area contributed by atoms with E-state index in [-0.39, 0.29) is 5.91 Å². The Bertz CT molecular complexity index is 600. The van der Waals surface area contributed by atoms with E-state index < -0.39 is 0 Å². The van der Waals surface area contributed by atoms with Gasteiger partial charge in [0, 0.05) is 37.0 Å². The minimum atomic E-state index is 0.144. The molecule has 0 aliphatic carbocycles. The van der Waals surface area contributed by atoms with Crippen molar-refractivity contribution in [2.75, 3.05) is 19.6 Å². The molecule has 21 heavy (non-hydrogen) atoms. The van der Waals surface area contributed by atoms with Crippen molar-refractivity contribution in [2.24, 2.45) is 0 Å². The van der Waals surface area contributed by atoms with Crippen molar-refractivity contribution in [1.82, 2.24) is 10.2 Å². The minimum absolute atomic E-state index is 0.144. The maximum atomic E-state index is 12.0. The summed E-state index contributed by atoms with van der Waals surface area (Å²) in [7, 11) is 0. The van der Waals surface area contributed by atoms with Crippen molar-refractivity contribution in [2.45, 2.75) is 33.7 Å². The monoisotopic (exact) mass is 288 g/mol. The molecule has 0 saturated heterocycles. The van der Waals surface area contributed by atoms with Crippen LogP contribution in [0.15, 0.2) is 28.7 Å².